The Morgan fingerprint density at radius 2 is 2.00 bits per heavy atom. The Hall–Kier alpha value is -0.650. The number of halogens is 4. The number of carbonyl (C=O) groups is 1. The number of ketones is 1. The lowest BCUT2D eigenvalue weighted by atomic mass is 10.0. The predicted octanol–water partition coefficient (Wildman–Crippen LogP) is 4.91. The molecule has 1 aliphatic heterocycles. The van der Waals surface area contributed by atoms with Crippen LogP contribution in [0.3, 0.4) is 0 Å². The normalized spacial score (nSPS) is 19.4. The summed E-state index contributed by atoms with van der Waals surface area (Å²) in [5, 5.41) is 2.82. The van der Waals surface area contributed by atoms with E-state index in [2.05, 4.69) is 40.1 Å². The predicted molar refractivity (Wildman–Crippen MR) is 85.4 cm³/mol. The molecule has 0 saturated carbocycles. The Morgan fingerprint density at radius 3 is 2.52 bits per heavy atom. The van der Waals surface area contributed by atoms with Crippen molar-refractivity contribution in [2.45, 2.75) is 39.2 Å². The molecule has 1 aliphatic rings. The van der Waals surface area contributed by atoms with Crippen LogP contribution in [0.2, 0.25) is 10.3 Å². The number of rotatable bonds is 2. The van der Waals surface area contributed by atoms with Crippen molar-refractivity contribution >= 4 is 44.9 Å². The summed E-state index contributed by atoms with van der Waals surface area (Å²) in [5.74, 6) is -1.16. The summed E-state index contributed by atoms with van der Waals surface area (Å²) in [6.45, 7) is 5.82. The van der Waals surface area contributed by atoms with Crippen molar-refractivity contribution in [3.05, 3.63) is 37.4 Å². The monoisotopic (exact) mass is 394 g/mol. The maximum absolute atomic E-state index is 13.8. The van der Waals surface area contributed by atoms with Crippen molar-refractivity contribution in [2.75, 3.05) is 0 Å². The molecule has 1 aromatic rings. The lowest BCUT2D eigenvalue weighted by Crippen LogP contribution is -2.31. The van der Waals surface area contributed by atoms with Gasteiger partial charge in [-0.25, -0.2) is 9.37 Å². The van der Waals surface area contributed by atoms with Crippen molar-refractivity contribution in [3.63, 3.8) is 0 Å². The SMILES string of the molecule is C/C(C(=O)c1c(Cl)nc(Cl)c(F)c1Br)=C1\CCC(C)(C)N1. The van der Waals surface area contributed by atoms with Crippen LogP contribution in [0.5, 0.6) is 0 Å². The largest absolute Gasteiger partial charge is 0.383 e. The average Bonchev–Trinajstić information content (AvgIpc) is 2.75. The number of pyridine rings is 1. The first kappa shape index (κ1) is 16.7. The van der Waals surface area contributed by atoms with Gasteiger partial charge >= 0.3 is 0 Å². The van der Waals surface area contributed by atoms with Gasteiger partial charge in [-0.15, -0.1) is 0 Å². The minimum atomic E-state index is -0.790. The Labute approximate surface area is 141 Å². The number of nitrogens with zero attached hydrogens (tertiary/aromatic N) is 1. The molecule has 1 fully saturated rings. The maximum atomic E-state index is 13.8. The van der Waals surface area contributed by atoms with E-state index in [1.165, 1.54) is 0 Å². The number of allylic oxidation sites excluding steroid dienone is 2. The van der Waals surface area contributed by atoms with Gasteiger partial charge in [-0.05, 0) is 49.5 Å². The highest BCUT2D eigenvalue weighted by Crippen LogP contribution is 2.34. The molecule has 21 heavy (non-hydrogen) atoms. The first-order chi connectivity index (χ1) is 9.64. The Bertz CT molecular complexity index is 659. The van der Waals surface area contributed by atoms with Crippen LogP contribution in [0, 0.1) is 5.82 Å². The van der Waals surface area contributed by atoms with Crippen molar-refractivity contribution in [3.8, 4) is 0 Å². The topological polar surface area (TPSA) is 42.0 Å². The van der Waals surface area contributed by atoms with Gasteiger partial charge in [0.1, 0.15) is 5.15 Å². The van der Waals surface area contributed by atoms with Gasteiger partial charge in [0.05, 0.1) is 10.0 Å². The summed E-state index contributed by atoms with van der Waals surface area (Å²) in [6.07, 6.45) is 1.69. The number of hydrogen-bond acceptors (Lipinski definition) is 3. The average molecular weight is 396 g/mol. The third kappa shape index (κ3) is 3.25. The standard InChI is InChI=1S/C14H14BrCl2FN2O/c1-6(7-4-5-14(2,3)20-7)11(21)8-9(15)10(18)13(17)19-12(8)16/h20H,4-5H2,1-3H3/b7-6-. The zero-order chi connectivity index (χ0) is 15.9. The number of hydrogen-bond donors (Lipinski definition) is 1. The molecule has 1 aromatic heterocycles. The zero-order valence-corrected chi connectivity index (χ0v) is 14.9. The Balaban J connectivity index is 2.47. The second kappa shape index (κ2) is 5.86. The second-order valence-electron chi connectivity index (χ2n) is 5.64. The van der Waals surface area contributed by atoms with Gasteiger partial charge in [0.15, 0.2) is 16.8 Å². The Morgan fingerprint density at radius 1 is 1.38 bits per heavy atom. The molecule has 2 heterocycles. The molecule has 0 atom stereocenters. The van der Waals surface area contributed by atoms with Crippen LogP contribution in [0.25, 0.3) is 0 Å². The first-order valence-corrected chi connectivity index (χ1v) is 7.91. The van der Waals surface area contributed by atoms with Gasteiger partial charge in [-0.2, -0.15) is 0 Å². The molecule has 3 nitrogen and oxygen atoms in total. The van der Waals surface area contributed by atoms with E-state index in [4.69, 9.17) is 23.2 Å². The summed E-state index contributed by atoms with van der Waals surface area (Å²) < 4.78 is 13.8. The van der Waals surface area contributed by atoms with E-state index in [0.717, 1.165) is 18.5 Å². The smallest absolute Gasteiger partial charge is 0.194 e. The number of carbonyl (C=O) groups excluding carboxylic acids is 1. The molecule has 114 valence electrons. The quantitative estimate of drug-likeness (QED) is 0.439. The molecule has 0 aliphatic carbocycles. The molecule has 0 radical (unpaired) electrons. The minimum Gasteiger partial charge on any atom is -0.383 e. The molecule has 7 heteroatoms. The lowest BCUT2D eigenvalue weighted by Gasteiger charge is -2.19. The van der Waals surface area contributed by atoms with Gasteiger partial charge in [0.2, 0.25) is 0 Å². The van der Waals surface area contributed by atoms with E-state index in [-0.39, 0.29) is 31.7 Å². The number of aromatic nitrogens is 1. The molecule has 0 bridgehead atoms. The van der Waals surface area contributed by atoms with Crippen LogP contribution < -0.4 is 5.32 Å². The van der Waals surface area contributed by atoms with E-state index < -0.39 is 5.82 Å². The minimum absolute atomic E-state index is 0.00456. The van der Waals surface area contributed by atoms with E-state index in [9.17, 15) is 9.18 Å². The summed E-state index contributed by atoms with van der Waals surface area (Å²) in [4.78, 5) is 16.2. The van der Waals surface area contributed by atoms with Crippen molar-refractivity contribution in [2.24, 2.45) is 0 Å². The number of Topliss-reactive ketones (excluding diaryl/α,β-unsaturated/α-hetero) is 1. The molecule has 1 saturated heterocycles. The maximum Gasteiger partial charge on any atom is 0.194 e. The fraction of sp³-hybridized carbons (Fsp3) is 0.429. The second-order valence-corrected chi connectivity index (χ2v) is 7.15. The molecule has 0 amide bonds. The van der Waals surface area contributed by atoms with Gasteiger partial charge in [0, 0.05) is 16.8 Å². The third-order valence-electron chi connectivity index (χ3n) is 3.51. The highest BCUT2D eigenvalue weighted by molar-refractivity contribution is 9.10. The molecular weight excluding hydrogens is 382 g/mol. The van der Waals surface area contributed by atoms with Crippen molar-refractivity contribution < 1.29 is 9.18 Å². The zero-order valence-electron chi connectivity index (χ0n) is 11.8. The molecule has 0 spiro atoms. The summed E-state index contributed by atoms with van der Waals surface area (Å²) in [5.41, 5.74) is 1.30. The van der Waals surface area contributed by atoms with Crippen LogP contribution in [0.1, 0.15) is 44.0 Å². The molecule has 2 rings (SSSR count). The summed E-state index contributed by atoms with van der Waals surface area (Å²) in [7, 11) is 0. The molecule has 1 N–H and O–H groups in total. The van der Waals surface area contributed by atoms with E-state index >= 15 is 0 Å². The van der Waals surface area contributed by atoms with Crippen LogP contribution in [-0.2, 0) is 0 Å². The van der Waals surface area contributed by atoms with Crippen LogP contribution in [0.15, 0.2) is 15.7 Å². The fourth-order valence-electron chi connectivity index (χ4n) is 2.25. The lowest BCUT2D eigenvalue weighted by molar-refractivity contribution is 0.103. The molecular formula is C14H14BrCl2FN2O. The van der Waals surface area contributed by atoms with Crippen LogP contribution in [-0.4, -0.2) is 16.3 Å². The highest BCUT2D eigenvalue weighted by atomic mass is 79.9. The van der Waals surface area contributed by atoms with Crippen LogP contribution in [0.4, 0.5) is 4.39 Å². The van der Waals surface area contributed by atoms with Gasteiger partial charge in [0.25, 0.3) is 0 Å². The third-order valence-corrected chi connectivity index (χ3v) is 4.77. The fourth-order valence-corrected chi connectivity index (χ4v) is 3.52. The van der Waals surface area contributed by atoms with E-state index in [1.54, 1.807) is 6.92 Å². The van der Waals surface area contributed by atoms with Crippen LogP contribution >= 0.6 is 39.1 Å². The van der Waals surface area contributed by atoms with Gasteiger partial charge < -0.3 is 5.32 Å². The van der Waals surface area contributed by atoms with Crippen molar-refractivity contribution in [1.29, 1.82) is 0 Å². The summed E-state index contributed by atoms with van der Waals surface area (Å²) in [6, 6.07) is 0. The number of nitrogens with one attached hydrogen (secondary N) is 1. The van der Waals surface area contributed by atoms with Crippen molar-refractivity contribution in [1.82, 2.24) is 10.3 Å². The molecule has 0 aromatic carbocycles. The van der Waals surface area contributed by atoms with Gasteiger partial charge in [-0.3, -0.25) is 4.79 Å². The first-order valence-electron chi connectivity index (χ1n) is 6.36. The Kier molecular flexibility index (Phi) is 4.66. The summed E-state index contributed by atoms with van der Waals surface area (Å²) >= 11 is 14.6. The highest BCUT2D eigenvalue weighted by Gasteiger charge is 2.30. The molecule has 0 unspecified atom stereocenters. The van der Waals surface area contributed by atoms with E-state index in [0.29, 0.717) is 5.57 Å². The van der Waals surface area contributed by atoms with E-state index in [1.807, 2.05) is 0 Å². The van der Waals surface area contributed by atoms with Gasteiger partial charge in [-0.1, -0.05) is 23.2 Å².